The Morgan fingerprint density at radius 2 is 2.17 bits per heavy atom. The molecule has 3 atom stereocenters. The van der Waals surface area contributed by atoms with Crippen LogP contribution in [0, 0.1) is 6.92 Å². The van der Waals surface area contributed by atoms with Gasteiger partial charge in [-0.05, 0) is 19.1 Å². The van der Waals surface area contributed by atoms with E-state index in [9.17, 15) is 9.59 Å². The molecule has 2 bridgehead atoms. The highest BCUT2D eigenvalue weighted by molar-refractivity contribution is 5.89. The number of aryl methyl sites for hydroxylation is 1. The molecule has 3 heterocycles. The molecule has 2 aliphatic rings. The number of nitrogens with zero attached hydrogens (tertiary/aromatic N) is 2. The molecule has 0 radical (unpaired) electrons. The van der Waals surface area contributed by atoms with Crippen molar-refractivity contribution in [2.75, 3.05) is 6.61 Å². The van der Waals surface area contributed by atoms with E-state index in [2.05, 4.69) is 4.98 Å². The summed E-state index contributed by atoms with van der Waals surface area (Å²) in [4.78, 5) is 27.6. The number of benzene rings is 1. The second-order valence-corrected chi connectivity index (χ2v) is 5.90. The van der Waals surface area contributed by atoms with Crippen LogP contribution in [0.2, 0.25) is 0 Å². The first-order valence-corrected chi connectivity index (χ1v) is 7.76. The molecular formula is C17H16N2O5. The van der Waals surface area contributed by atoms with Gasteiger partial charge in [-0.3, -0.25) is 9.36 Å². The van der Waals surface area contributed by atoms with Crippen LogP contribution in [-0.2, 0) is 9.47 Å². The van der Waals surface area contributed by atoms with Crippen LogP contribution in [0.4, 0.5) is 0 Å². The van der Waals surface area contributed by atoms with Crippen molar-refractivity contribution in [1.82, 2.24) is 9.55 Å². The largest absolute Gasteiger partial charge is 0.459 e. The Labute approximate surface area is 137 Å². The molecular weight excluding hydrogens is 312 g/mol. The summed E-state index contributed by atoms with van der Waals surface area (Å²) in [6.07, 6.45) is 1.38. The van der Waals surface area contributed by atoms with Gasteiger partial charge in [-0.25, -0.2) is 4.79 Å². The molecule has 1 aromatic heterocycles. The Morgan fingerprint density at radius 1 is 1.38 bits per heavy atom. The normalized spacial score (nSPS) is 24.1. The monoisotopic (exact) mass is 328 g/mol. The van der Waals surface area contributed by atoms with E-state index in [0.29, 0.717) is 17.5 Å². The number of fused-ring (bicyclic) bond motifs is 4. The van der Waals surface area contributed by atoms with Gasteiger partial charge in [-0.1, -0.05) is 18.2 Å². The zero-order valence-electron chi connectivity index (χ0n) is 13.0. The Hall–Kier alpha value is -2.67. The van der Waals surface area contributed by atoms with Crippen LogP contribution in [0.1, 0.15) is 28.6 Å². The summed E-state index contributed by atoms with van der Waals surface area (Å²) in [5.41, 5.74) is 0.711. The van der Waals surface area contributed by atoms with Crippen molar-refractivity contribution in [3.8, 4) is 6.01 Å². The van der Waals surface area contributed by atoms with Gasteiger partial charge in [-0.15, -0.1) is 0 Å². The van der Waals surface area contributed by atoms with Gasteiger partial charge in [0.2, 0.25) is 0 Å². The zero-order chi connectivity index (χ0) is 16.7. The van der Waals surface area contributed by atoms with Crippen LogP contribution in [0.15, 0.2) is 41.3 Å². The lowest BCUT2D eigenvalue weighted by Gasteiger charge is -2.23. The Bertz CT molecular complexity index is 833. The molecule has 2 aromatic rings. The topological polar surface area (TPSA) is 79.7 Å². The SMILES string of the molecule is Cc1cn2c(nc1=O)O[C@H]1C[C@H]2O[C@@H]1COC(=O)c1ccccc1. The molecule has 7 nitrogen and oxygen atoms in total. The molecule has 1 saturated heterocycles. The van der Waals surface area contributed by atoms with E-state index in [-0.39, 0.29) is 36.6 Å². The van der Waals surface area contributed by atoms with E-state index in [1.807, 2.05) is 6.07 Å². The Morgan fingerprint density at radius 3 is 2.96 bits per heavy atom. The maximum Gasteiger partial charge on any atom is 0.338 e. The molecule has 1 aromatic carbocycles. The molecule has 24 heavy (non-hydrogen) atoms. The number of hydrogen-bond acceptors (Lipinski definition) is 6. The van der Waals surface area contributed by atoms with E-state index < -0.39 is 5.97 Å². The van der Waals surface area contributed by atoms with Crippen molar-refractivity contribution >= 4 is 5.97 Å². The van der Waals surface area contributed by atoms with Crippen LogP contribution in [0.5, 0.6) is 6.01 Å². The minimum absolute atomic E-state index is 0.0899. The van der Waals surface area contributed by atoms with Crippen LogP contribution in [0.3, 0.4) is 0 Å². The fourth-order valence-electron chi connectivity index (χ4n) is 2.94. The number of hydrogen-bond donors (Lipinski definition) is 0. The molecule has 0 spiro atoms. The number of rotatable bonds is 3. The number of carbonyl (C=O) groups excluding carboxylic acids is 1. The molecule has 0 unspecified atom stereocenters. The number of esters is 1. The number of carbonyl (C=O) groups is 1. The zero-order valence-corrected chi connectivity index (χ0v) is 13.0. The highest BCUT2D eigenvalue weighted by atomic mass is 16.6. The Balaban J connectivity index is 1.45. The third-order valence-corrected chi connectivity index (χ3v) is 4.22. The molecule has 0 aliphatic carbocycles. The smallest absolute Gasteiger partial charge is 0.338 e. The summed E-state index contributed by atoms with van der Waals surface area (Å²) < 4.78 is 18.7. The van der Waals surface area contributed by atoms with Gasteiger partial charge in [0, 0.05) is 18.2 Å². The average Bonchev–Trinajstić information content (AvgIpc) is 2.93. The van der Waals surface area contributed by atoms with Crippen LogP contribution >= 0.6 is 0 Å². The summed E-state index contributed by atoms with van der Waals surface area (Å²) in [7, 11) is 0. The molecule has 124 valence electrons. The fraction of sp³-hybridized carbons (Fsp3) is 0.353. The predicted molar refractivity (Wildman–Crippen MR) is 82.9 cm³/mol. The van der Waals surface area contributed by atoms with Gasteiger partial charge >= 0.3 is 12.0 Å². The van der Waals surface area contributed by atoms with Crippen molar-refractivity contribution in [1.29, 1.82) is 0 Å². The second-order valence-electron chi connectivity index (χ2n) is 5.90. The van der Waals surface area contributed by atoms with E-state index in [1.165, 1.54) is 0 Å². The summed E-state index contributed by atoms with van der Waals surface area (Å²) >= 11 is 0. The molecule has 1 fully saturated rings. The van der Waals surface area contributed by atoms with Gasteiger partial charge < -0.3 is 14.2 Å². The Kier molecular flexibility index (Phi) is 3.57. The molecule has 4 rings (SSSR count). The van der Waals surface area contributed by atoms with E-state index in [4.69, 9.17) is 14.2 Å². The van der Waals surface area contributed by atoms with Gasteiger partial charge in [0.05, 0.1) is 5.56 Å². The van der Waals surface area contributed by atoms with Gasteiger partial charge in [0.15, 0.2) is 0 Å². The highest BCUT2D eigenvalue weighted by Crippen LogP contribution is 2.37. The lowest BCUT2D eigenvalue weighted by atomic mass is 10.1. The molecule has 7 heteroatoms. The van der Waals surface area contributed by atoms with E-state index in [0.717, 1.165) is 0 Å². The second kappa shape index (κ2) is 5.76. The first-order chi connectivity index (χ1) is 11.6. The van der Waals surface area contributed by atoms with Gasteiger partial charge in [0.25, 0.3) is 5.56 Å². The summed E-state index contributed by atoms with van der Waals surface area (Å²) in [5, 5.41) is 0. The minimum atomic E-state index is -0.401. The molecule has 2 aliphatic heterocycles. The average molecular weight is 328 g/mol. The van der Waals surface area contributed by atoms with Crippen molar-refractivity contribution < 1.29 is 19.0 Å². The maximum atomic E-state index is 12.0. The van der Waals surface area contributed by atoms with Crippen LogP contribution < -0.4 is 10.3 Å². The molecule has 0 saturated carbocycles. The summed E-state index contributed by atoms with van der Waals surface area (Å²) in [6, 6.07) is 9.04. The lowest BCUT2D eigenvalue weighted by Crippen LogP contribution is -2.34. The molecule has 0 N–H and O–H groups in total. The standard InChI is InChI=1S/C17H16N2O5/c1-10-8-19-14-7-12(24-17(19)18-15(10)20)13(23-14)9-22-16(21)11-5-3-2-4-6-11/h2-6,8,12-14H,7,9H2,1H3/t12-,13+,14+/m0/s1. The fourth-order valence-corrected chi connectivity index (χ4v) is 2.94. The van der Waals surface area contributed by atoms with Crippen LogP contribution in [-0.4, -0.2) is 34.3 Å². The minimum Gasteiger partial charge on any atom is -0.459 e. The van der Waals surface area contributed by atoms with Crippen molar-refractivity contribution in [3.05, 3.63) is 58.0 Å². The number of ether oxygens (including phenoxy) is 3. The van der Waals surface area contributed by atoms with E-state index >= 15 is 0 Å². The van der Waals surface area contributed by atoms with Crippen molar-refractivity contribution in [2.45, 2.75) is 31.8 Å². The third kappa shape index (κ3) is 2.56. The van der Waals surface area contributed by atoms with Crippen LogP contribution in [0.25, 0.3) is 0 Å². The number of aromatic nitrogens is 2. The van der Waals surface area contributed by atoms with Gasteiger partial charge in [-0.2, -0.15) is 4.98 Å². The quantitative estimate of drug-likeness (QED) is 0.794. The maximum absolute atomic E-state index is 12.0. The van der Waals surface area contributed by atoms with E-state index in [1.54, 1.807) is 42.0 Å². The van der Waals surface area contributed by atoms with Gasteiger partial charge in [0.1, 0.15) is 25.0 Å². The summed E-state index contributed by atoms with van der Waals surface area (Å²) in [6.45, 7) is 1.79. The first-order valence-electron chi connectivity index (χ1n) is 7.76. The van der Waals surface area contributed by atoms with Crippen molar-refractivity contribution in [3.63, 3.8) is 0 Å². The predicted octanol–water partition coefficient (Wildman–Crippen LogP) is 1.46. The molecule has 0 amide bonds. The highest BCUT2D eigenvalue weighted by Gasteiger charge is 2.43. The van der Waals surface area contributed by atoms with Crippen molar-refractivity contribution in [2.24, 2.45) is 0 Å². The first kappa shape index (κ1) is 14.9. The third-order valence-electron chi connectivity index (χ3n) is 4.22. The lowest BCUT2D eigenvalue weighted by molar-refractivity contribution is -0.0351. The summed E-state index contributed by atoms with van der Waals surface area (Å²) in [5.74, 6) is -0.401.